The van der Waals surface area contributed by atoms with E-state index in [9.17, 15) is 9.59 Å². The number of hydrogen-bond donors (Lipinski definition) is 2. The lowest BCUT2D eigenvalue weighted by molar-refractivity contribution is 0.0476. The topological polar surface area (TPSA) is 93.9 Å². The molecule has 7 heteroatoms. The van der Waals surface area contributed by atoms with Crippen LogP contribution < -0.4 is 11.1 Å². The van der Waals surface area contributed by atoms with Crippen LogP contribution in [-0.4, -0.2) is 47.9 Å². The van der Waals surface area contributed by atoms with Crippen LogP contribution in [0.1, 0.15) is 47.1 Å². The predicted molar refractivity (Wildman–Crippen MR) is 110 cm³/mol. The van der Waals surface area contributed by atoms with E-state index >= 15 is 0 Å². The van der Waals surface area contributed by atoms with Gasteiger partial charge in [0.1, 0.15) is 12.2 Å². The van der Waals surface area contributed by atoms with Crippen LogP contribution in [0.2, 0.25) is 0 Å². The van der Waals surface area contributed by atoms with Gasteiger partial charge in [0.15, 0.2) is 0 Å². The summed E-state index contributed by atoms with van der Waals surface area (Å²) in [6.45, 7) is 12.0. The smallest absolute Gasteiger partial charge is 0.410 e. The van der Waals surface area contributed by atoms with E-state index < -0.39 is 17.8 Å². The third-order valence-electron chi connectivity index (χ3n) is 4.25. The van der Waals surface area contributed by atoms with Crippen molar-refractivity contribution in [2.75, 3.05) is 13.1 Å². The molecule has 3 N–H and O–H groups in total. The number of amides is 2. The second kappa shape index (κ2) is 10.9. The van der Waals surface area contributed by atoms with Gasteiger partial charge in [-0.3, -0.25) is 0 Å². The molecule has 1 aromatic carbocycles. The summed E-state index contributed by atoms with van der Waals surface area (Å²) in [6.07, 6.45) is -0.900. The van der Waals surface area contributed by atoms with Gasteiger partial charge in [-0.2, -0.15) is 0 Å². The molecule has 0 bridgehead atoms. The number of carbonyl (C=O) groups excluding carboxylic acids is 2. The molecule has 0 aromatic heterocycles. The lowest BCUT2D eigenvalue weighted by atomic mass is 10.0. The Morgan fingerprint density at radius 2 is 1.75 bits per heavy atom. The molecule has 1 aromatic rings. The Hall–Kier alpha value is -2.28. The third kappa shape index (κ3) is 8.61. The Bertz CT molecular complexity index is 614. The second-order valence-electron chi connectivity index (χ2n) is 8.22. The first-order chi connectivity index (χ1) is 13.0. The molecule has 0 spiro atoms. The third-order valence-corrected chi connectivity index (χ3v) is 4.25. The lowest BCUT2D eigenvalue weighted by Gasteiger charge is -2.33. The van der Waals surface area contributed by atoms with Crippen molar-refractivity contribution in [1.82, 2.24) is 10.2 Å². The van der Waals surface area contributed by atoms with E-state index in [1.54, 1.807) is 25.7 Å². The van der Waals surface area contributed by atoms with Crippen LogP contribution in [0.4, 0.5) is 9.59 Å². The monoisotopic (exact) mass is 393 g/mol. The summed E-state index contributed by atoms with van der Waals surface area (Å²) in [5.41, 5.74) is 6.27. The van der Waals surface area contributed by atoms with E-state index in [-0.39, 0.29) is 24.6 Å². The second-order valence-corrected chi connectivity index (χ2v) is 8.22. The Morgan fingerprint density at radius 1 is 1.14 bits per heavy atom. The number of nitrogens with two attached hydrogens (primary N) is 1. The number of alkyl carbamates (subject to hydrolysis) is 1. The fraction of sp³-hybridized carbons (Fsp3) is 0.619. The zero-order valence-corrected chi connectivity index (χ0v) is 17.9. The van der Waals surface area contributed by atoms with Crippen LogP contribution in [0.3, 0.4) is 0 Å². The van der Waals surface area contributed by atoms with Crippen LogP contribution in [0.5, 0.6) is 0 Å². The van der Waals surface area contributed by atoms with Crippen molar-refractivity contribution in [1.29, 1.82) is 0 Å². The summed E-state index contributed by atoms with van der Waals surface area (Å²) in [7, 11) is 0. The SMILES string of the molecule is CC(C)N(CC(CN)[C@@H](C)NC(=O)OC(C)(C)C)C(=O)OCc1ccccc1. The zero-order valence-electron chi connectivity index (χ0n) is 17.9. The molecule has 1 rings (SSSR count). The van der Waals surface area contributed by atoms with Crippen LogP contribution in [0.15, 0.2) is 30.3 Å². The summed E-state index contributed by atoms with van der Waals surface area (Å²) in [5.74, 6) is -0.140. The van der Waals surface area contributed by atoms with Crippen molar-refractivity contribution in [3.8, 4) is 0 Å². The van der Waals surface area contributed by atoms with Gasteiger partial charge in [0, 0.05) is 24.5 Å². The number of hydrogen-bond acceptors (Lipinski definition) is 5. The molecule has 2 atom stereocenters. The minimum atomic E-state index is -0.576. The maximum absolute atomic E-state index is 12.6. The van der Waals surface area contributed by atoms with E-state index in [0.717, 1.165) is 5.56 Å². The molecule has 0 aliphatic carbocycles. The number of nitrogens with one attached hydrogen (secondary N) is 1. The zero-order chi connectivity index (χ0) is 21.3. The van der Waals surface area contributed by atoms with Gasteiger partial charge in [0.25, 0.3) is 0 Å². The van der Waals surface area contributed by atoms with Crippen molar-refractivity contribution in [2.45, 2.75) is 65.8 Å². The van der Waals surface area contributed by atoms with Crippen LogP contribution in [-0.2, 0) is 16.1 Å². The lowest BCUT2D eigenvalue weighted by Crippen LogP contribution is -2.50. The van der Waals surface area contributed by atoms with E-state index in [1.165, 1.54) is 0 Å². The van der Waals surface area contributed by atoms with Gasteiger partial charge in [0.2, 0.25) is 0 Å². The normalized spacial score (nSPS) is 13.6. The van der Waals surface area contributed by atoms with Crippen molar-refractivity contribution < 1.29 is 19.1 Å². The molecule has 2 amide bonds. The highest BCUT2D eigenvalue weighted by Crippen LogP contribution is 2.13. The van der Waals surface area contributed by atoms with Gasteiger partial charge >= 0.3 is 12.2 Å². The number of nitrogens with zero attached hydrogens (tertiary/aromatic N) is 1. The molecule has 0 fully saturated rings. The summed E-state index contributed by atoms with van der Waals surface area (Å²) >= 11 is 0. The van der Waals surface area contributed by atoms with E-state index in [1.807, 2.05) is 51.1 Å². The highest BCUT2D eigenvalue weighted by Gasteiger charge is 2.27. The molecule has 0 saturated heterocycles. The number of rotatable bonds is 8. The average Bonchev–Trinajstić information content (AvgIpc) is 2.59. The molecule has 158 valence electrons. The first-order valence-corrected chi connectivity index (χ1v) is 9.70. The Kier molecular flexibility index (Phi) is 9.25. The van der Waals surface area contributed by atoms with Gasteiger partial charge in [-0.1, -0.05) is 30.3 Å². The molecular weight excluding hydrogens is 358 g/mol. The van der Waals surface area contributed by atoms with Crippen LogP contribution in [0, 0.1) is 5.92 Å². The average molecular weight is 394 g/mol. The van der Waals surface area contributed by atoms with Crippen molar-refractivity contribution in [3.63, 3.8) is 0 Å². The first kappa shape index (κ1) is 23.8. The summed E-state index contributed by atoms with van der Waals surface area (Å²) < 4.78 is 10.8. The highest BCUT2D eigenvalue weighted by molar-refractivity contribution is 5.69. The van der Waals surface area contributed by atoms with E-state index in [0.29, 0.717) is 13.1 Å². The van der Waals surface area contributed by atoms with Crippen LogP contribution in [0.25, 0.3) is 0 Å². The summed E-state index contributed by atoms with van der Waals surface area (Å²) in [4.78, 5) is 26.2. The van der Waals surface area contributed by atoms with Gasteiger partial charge in [-0.25, -0.2) is 9.59 Å². The van der Waals surface area contributed by atoms with Gasteiger partial charge in [-0.05, 0) is 53.7 Å². The molecule has 7 nitrogen and oxygen atoms in total. The molecule has 28 heavy (non-hydrogen) atoms. The number of ether oxygens (including phenoxy) is 2. The van der Waals surface area contributed by atoms with Gasteiger partial charge in [-0.15, -0.1) is 0 Å². The van der Waals surface area contributed by atoms with E-state index in [2.05, 4.69) is 5.32 Å². The Labute approximate surface area is 168 Å². The first-order valence-electron chi connectivity index (χ1n) is 9.70. The van der Waals surface area contributed by atoms with Crippen LogP contribution >= 0.6 is 0 Å². The van der Waals surface area contributed by atoms with E-state index in [4.69, 9.17) is 15.2 Å². The number of carbonyl (C=O) groups is 2. The minimum Gasteiger partial charge on any atom is -0.445 e. The van der Waals surface area contributed by atoms with Crippen molar-refractivity contribution in [3.05, 3.63) is 35.9 Å². The molecule has 0 aliphatic heterocycles. The summed E-state index contributed by atoms with van der Waals surface area (Å²) in [6, 6.07) is 9.20. The molecule has 0 radical (unpaired) electrons. The fourth-order valence-electron chi connectivity index (χ4n) is 2.60. The maximum Gasteiger partial charge on any atom is 0.410 e. The molecule has 0 aliphatic rings. The van der Waals surface area contributed by atoms with Gasteiger partial charge < -0.3 is 25.4 Å². The standard InChI is InChI=1S/C21H35N3O4/c1-15(2)24(20(26)27-14-17-10-8-7-9-11-17)13-18(12-22)16(3)23-19(25)28-21(4,5)6/h7-11,15-16,18H,12-14,22H2,1-6H3,(H,23,25)/t16-,18?/m1/s1. The summed E-state index contributed by atoms with van der Waals surface area (Å²) in [5, 5.41) is 2.81. The molecule has 1 unspecified atom stereocenters. The maximum atomic E-state index is 12.6. The Balaban J connectivity index is 2.67. The number of benzene rings is 1. The molecular formula is C21H35N3O4. The quantitative estimate of drug-likeness (QED) is 0.705. The van der Waals surface area contributed by atoms with Gasteiger partial charge in [0.05, 0.1) is 0 Å². The molecule has 0 saturated carbocycles. The fourth-order valence-corrected chi connectivity index (χ4v) is 2.60. The minimum absolute atomic E-state index is 0.0638. The Morgan fingerprint density at radius 3 is 2.25 bits per heavy atom. The predicted octanol–water partition coefficient (Wildman–Crippen LogP) is 3.52. The van der Waals surface area contributed by atoms with Crippen molar-refractivity contribution >= 4 is 12.2 Å². The molecule has 0 heterocycles. The largest absolute Gasteiger partial charge is 0.445 e. The highest BCUT2D eigenvalue weighted by atomic mass is 16.6. The van der Waals surface area contributed by atoms with Crippen molar-refractivity contribution in [2.24, 2.45) is 11.7 Å².